The number of nitrogens with zero attached hydrogens (tertiary/aromatic N) is 1. The Morgan fingerprint density at radius 1 is 1.37 bits per heavy atom. The molecule has 5 heteroatoms. The van der Waals surface area contributed by atoms with Crippen LogP contribution in [-0.2, 0) is 0 Å². The minimum Gasteiger partial charge on any atom is -0.505 e. The third-order valence-corrected chi connectivity index (χ3v) is 2.70. The summed E-state index contributed by atoms with van der Waals surface area (Å²) in [5, 5.41) is 12.2. The first-order chi connectivity index (χ1) is 9.08. The summed E-state index contributed by atoms with van der Waals surface area (Å²) in [6.45, 7) is 1.73. The van der Waals surface area contributed by atoms with Gasteiger partial charge in [0.1, 0.15) is 11.6 Å². The van der Waals surface area contributed by atoms with Gasteiger partial charge in [0.2, 0.25) is 0 Å². The monoisotopic (exact) mass is 260 g/mol. The van der Waals surface area contributed by atoms with E-state index in [0.29, 0.717) is 5.56 Å². The van der Waals surface area contributed by atoms with Gasteiger partial charge >= 0.3 is 0 Å². The topological polar surface area (TPSA) is 62.2 Å². The van der Waals surface area contributed by atoms with Crippen LogP contribution in [0.4, 0.5) is 4.39 Å². The largest absolute Gasteiger partial charge is 0.505 e. The third kappa shape index (κ3) is 3.07. The van der Waals surface area contributed by atoms with Crippen molar-refractivity contribution >= 4 is 5.91 Å². The lowest BCUT2D eigenvalue weighted by Crippen LogP contribution is -2.27. The van der Waals surface area contributed by atoms with E-state index in [1.807, 2.05) is 0 Å². The first-order valence-electron chi connectivity index (χ1n) is 5.78. The molecule has 0 bridgehead atoms. The van der Waals surface area contributed by atoms with Gasteiger partial charge in [0.15, 0.2) is 5.69 Å². The molecule has 1 atom stereocenters. The summed E-state index contributed by atoms with van der Waals surface area (Å²) in [6.07, 6.45) is 1.42. The number of pyridine rings is 1. The average Bonchev–Trinajstić information content (AvgIpc) is 2.39. The molecule has 1 heterocycles. The quantitative estimate of drug-likeness (QED) is 0.890. The zero-order valence-corrected chi connectivity index (χ0v) is 10.3. The lowest BCUT2D eigenvalue weighted by atomic mass is 10.1. The van der Waals surface area contributed by atoms with Crippen LogP contribution in [0.3, 0.4) is 0 Å². The number of benzene rings is 1. The number of halogens is 1. The van der Waals surface area contributed by atoms with Crippen molar-refractivity contribution in [1.82, 2.24) is 10.3 Å². The maximum Gasteiger partial charge on any atom is 0.274 e. The smallest absolute Gasteiger partial charge is 0.274 e. The van der Waals surface area contributed by atoms with E-state index in [9.17, 15) is 14.3 Å². The molecule has 19 heavy (non-hydrogen) atoms. The Morgan fingerprint density at radius 2 is 2.16 bits per heavy atom. The van der Waals surface area contributed by atoms with Crippen LogP contribution in [0.25, 0.3) is 0 Å². The Balaban J connectivity index is 2.13. The molecular formula is C14H13FN2O2. The van der Waals surface area contributed by atoms with Gasteiger partial charge in [-0.25, -0.2) is 9.37 Å². The summed E-state index contributed by atoms with van der Waals surface area (Å²) in [6, 6.07) is 8.50. The molecule has 1 amide bonds. The fourth-order valence-corrected chi connectivity index (χ4v) is 1.70. The highest BCUT2D eigenvalue weighted by molar-refractivity contribution is 5.94. The number of rotatable bonds is 3. The van der Waals surface area contributed by atoms with Crippen molar-refractivity contribution in [3.05, 3.63) is 59.7 Å². The Kier molecular flexibility index (Phi) is 3.75. The standard InChI is InChI=1S/C14H13FN2O2/c1-9(10-4-2-5-11(15)8-10)17-14(19)13-12(18)6-3-7-16-13/h2-9,18H,1H3,(H,17,19). The number of hydrogen-bond donors (Lipinski definition) is 2. The number of carbonyl (C=O) groups excluding carboxylic acids is 1. The van der Waals surface area contributed by atoms with Crippen LogP contribution in [-0.4, -0.2) is 16.0 Å². The fraction of sp³-hybridized carbons (Fsp3) is 0.143. The second kappa shape index (κ2) is 5.48. The SMILES string of the molecule is CC(NC(=O)c1ncccc1O)c1cccc(F)c1. The van der Waals surface area contributed by atoms with Gasteiger partial charge in [0.05, 0.1) is 6.04 Å². The van der Waals surface area contributed by atoms with Crippen LogP contribution in [0.2, 0.25) is 0 Å². The number of aromatic nitrogens is 1. The number of carbonyl (C=O) groups is 1. The molecule has 2 rings (SSSR count). The highest BCUT2D eigenvalue weighted by atomic mass is 19.1. The number of aromatic hydroxyl groups is 1. The Bertz CT molecular complexity index is 602. The molecule has 4 nitrogen and oxygen atoms in total. The second-order valence-electron chi connectivity index (χ2n) is 4.12. The van der Waals surface area contributed by atoms with Crippen LogP contribution in [0, 0.1) is 5.82 Å². The molecule has 1 unspecified atom stereocenters. The molecule has 0 spiro atoms. The first-order valence-corrected chi connectivity index (χ1v) is 5.78. The van der Waals surface area contributed by atoms with Gasteiger partial charge < -0.3 is 10.4 Å². The van der Waals surface area contributed by atoms with E-state index in [4.69, 9.17) is 0 Å². The van der Waals surface area contributed by atoms with Crippen molar-refractivity contribution in [1.29, 1.82) is 0 Å². The van der Waals surface area contributed by atoms with Crippen molar-refractivity contribution < 1.29 is 14.3 Å². The summed E-state index contributed by atoms with van der Waals surface area (Å²) in [5.74, 6) is -1.06. The van der Waals surface area contributed by atoms with Gasteiger partial charge in [-0.15, -0.1) is 0 Å². The molecule has 0 radical (unpaired) electrons. The molecule has 1 aromatic carbocycles. The van der Waals surface area contributed by atoms with E-state index >= 15 is 0 Å². The molecule has 2 N–H and O–H groups in total. The van der Waals surface area contributed by atoms with Gasteiger partial charge in [-0.2, -0.15) is 0 Å². The van der Waals surface area contributed by atoms with Crippen molar-refractivity contribution in [2.75, 3.05) is 0 Å². The van der Waals surface area contributed by atoms with Crippen molar-refractivity contribution in [2.45, 2.75) is 13.0 Å². The number of hydrogen-bond acceptors (Lipinski definition) is 3. The summed E-state index contributed by atoms with van der Waals surface area (Å²) >= 11 is 0. The summed E-state index contributed by atoms with van der Waals surface area (Å²) < 4.78 is 13.1. The molecule has 0 saturated heterocycles. The van der Waals surface area contributed by atoms with Gasteiger partial charge in [-0.3, -0.25) is 4.79 Å². The van der Waals surface area contributed by atoms with Crippen molar-refractivity contribution in [3.8, 4) is 5.75 Å². The normalized spacial score (nSPS) is 11.9. The first kappa shape index (κ1) is 13.0. The maximum absolute atomic E-state index is 13.1. The van der Waals surface area contributed by atoms with Crippen LogP contribution >= 0.6 is 0 Å². The van der Waals surface area contributed by atoms with Gasteiger partial charge in [0.25, 0.3) is 5.91 Å². The number of amides is 1. The van der Waals surface area contributed by atoms with E-state index in [1.54, 1.807) is 19.1 Å². The summed E-state index contributed by atoms with van der Waals surface area (Å²) in [4.78, 5) is 15.7. The third-order valence-electron chi connectivity index (χ3n) is 2.70. The molecule has 0 saturated carbocycles. The molecular weight excluding hydrogens is 247 g/mol. The van der Waals surface area contributed by atoms with Crippen LogP contribution < -0.4 is 5.32 Å². The second-order valence-corrected chi connectivity index (χ2v) is 4.12. The average molecular weight is 260 g/mol. The van der Waals surface area contributed by atoms with E-state index < -0.39 is 5.91 Å². The van der Waals surface area contributed by atoms with E-state index in [1.165, 1.54) is 30.5 Å². The molecule has 98 valence electrons. The van der Waals surface area contributed by atoms with Gasteiger partial charge in [-0.1, -0.05) is 12.1 Å². The van der Waals surface area contributed by atoms with Crippen molar-refractivity contribution in [3.63, 3.8) is 0 Å². The molecule has 1 aromatic heterocycles. The van der Waals surface area contributed by atoms with E-state index in [-0.39, 0.29) is 23.3 Å². The Morgan fingerprint density at radius 3 is 2.84 bits per heavy atom. The highest BCUT2D eigenvalue weighted by Gasteiger charge is 2.15. The highest BCUT2D eigenvalue weighted by Crippen LogP contribution is 2.16. The Labute approximate surface area is 109 Å². The molecule has 2 aromatic rings. The summed E-state index contributed by atoms with van der Waals surface area (Å²) in [5.41, 5.74) is 0.592. The lowest BCUT2D eigenvalue weighted by molar-refractivity contribution is 0.0932. The maximum atomic E-state index is 13.1. The molecule has 0 aliphatic rings. The van der Waals surface area contributed by atoms with Crippen LogP contribution in [0.1, 0.15) is 29.0 Å². The van der Waals surface area contributed by atoms with Crippen LogP contribution in [0.5, 0.6) is 5.75 Å². The summed E-state index contributed by atoms with van der Waals surface area (Å²) in [7, 11) is 0. The zero-order chi connectivity index (χ0) is 13.8. The minimum atomic E-state index is -0.505. The van der Waals surface area contributed by atoms with Crippen LogP contribution in [0.15, 0.2) is 42.6 Å². The molecule has 0 fully saturated rings. The Hall–Kier alpha value is -2.43. The fourth-order valence-electron chi connectivity index (χ4n) is 1.70. The van der Waals surface area contributed by atoms with E-state index in [0.717, 1.165) is 0 Å². The van der Waals surface area contributed by atoms with Gasteiger partial charge in [-0.05, 0) is 36.8 Å². The molecule has 0 aliphatic heterocycles. The minimum absolute atomic E-state index is 0.0502. The lowest BCUT2D eigenvalue weighted by Gasteiger charge is -2.14. The molecule has 0 aliphatic carbocycles. The zero-order valence-electron chi connectivity index (χ0n) is 10.3. The van der Waals surface area contributed by atoms with Crippen molar-refractivity contribution in [2.24, 2.45) is 0 Å². The van der Waals surface area contributed by atoms with E-state index in [2.05, 4.69) is 10.3 Å². The van der Waals surface area contributed by atoms with Gasteiger partial charge in [0, 0.05) is 6.20 Å². The predicted molar refractivity (Wildman–Crippen MR) is 68.2 cm³/mol. The number of nitrogens with one attached hydrogen (secondary N) is 1. The predicted octanol–water partition coefficient (Wildman–Crippen LogP) is 2.42.